The van der Waals surface area contributed by atoms with Crippen LogP contribution in [0, 0.1) is 0 Å². The van der Waals surface area contributed by atoms with Crippen LogP contribution in [0.2, 0.25) is 0 Å². The summed E-state index contributed by atoms with van der Waals surface area (Å²) in [4.78, 5) is 2.46. The molecule has 2 aliphatic rings. The second-order valence-corrected chi connectivity index (χ2v) is 29.0. The van der Waals surface area contributed by atoms with Crippen molar-refractivity contribution in [3.8, 4) is 44.5 Å². The summed E-state index contributed by atoms with van der Waals surface area (Å²) in [7, 11) is -5.85. The fourth-order valence-electron chi connectivity index (χ4n) is 13.7. The van der Waals surface area contributed by atoms with Crippen molar-refractivity contribution in [3.63, 3.8) is 0 Å². The molecule has 0 saturated heterocycles. The summed E-state index contributed by atoms with van der Waals surface area (Å²) in [6.45, 7) is 0. The number of benzene rings is 13. The molecule has 2 aliphatic heterocycles. The second-order valence-electron chi connectivity index (χ2n) is 22.4. The fraction of sp³-hybridized carbons (Fsp3) is 0.0370. The zero-order valence-electron chi connectivity index (χ0n) is 47.7. The molecule has 13 aromatic rings. The molecule has 1 atom stereocenters. The van der Waals surface area contributed by atoms with E-state index in [0.29, 0.717) is 0 Å². The van der Waals surface area contributed by atoms with E-state index < -0.39 is 18.6 Å². The number of fused-ring (bicyclic) bond motifs is 2. The molecule has 13 aromatic carbocycles. The summed E-state index contributed by atoms with van der Waals surface area (Å²) in [5.41, 5.74) is 19.4. The Bertz CT molecular complexity index is 4240. The van der Waals surface area contributed by atoms with Crippen LogP contribution in [0.25, 0.3) is 44.5 Å². The third-order valence-corrected chi connectivity index (χ3v) is 26.6. The lowest BCUT2D eigenvalue weighted by molar-refractivity contribution is 0.781. The van der Waals surface area contributed by atoms with Gasteiger partial charge < -0.3 is 4.57 Å². The maximum Gasteiger partial charge on any atom is 0.232 e. The maximum atomic E-state index is 2.90. The number of hydrogen-bond donors (Lipinski definition) is 0. The molecule has 0 saturated carbocycles. The van der Waals surface area contributed by atoms with Crippen LogP contribution in [0.5, 0.6) is 0 Å². The Hall–Kier alpha value is -10.2. The Labute approximate surface area is 508 Å². The lowest BCUT2D eigenvalue weighted by Gasteiger charge is -2.51. The van der Waals surface area contributed by atoms with Crippen LogP contribution in [0.3, 0.4) is 0 Å². The first kappa shape index (κ1) is 52.6. The van der Waals surface area contributed by atoms with Gasteiger partial charge in [-0.15, -0.1) is 0 Å². The van der Waals surface area contributed by atoms with Gasteiger partial charge in [-0.2, -0.15) is 0 Å². The van der Waals surface area contributed by atoms with E-state index in [4.69, 9.17) is 0 Å². The summed E-state index contributed by atoms with van der Waals surface area (Å²) >= 11 is 0. The minimum Gasteiger partial charge on any atom is -0.359 e. The molecule has 0 radical (unpaired) electrons. The van der Waals surface area contributed by atoms with Crippen LogP contribution < -0.4 is 23.5 Å². The Kier molecular flexibility index (Phi) is 13.9. The third kappa shape index (κ3) is 9.15. The minimum atomic E-state index is -3.37. The third-order valence-electron chi connectivity index (χ3n) is 17.6. The van der Waals surface area contributed by atoms with E-state index in [1.165, 1.54) is 92.9 Å². The second kappa shape index (κ2) is 22.8. The van der Waals surface area contributed by atoms with E-state index in [2.05, 4.69) is 365 Å². The van der Waals surface area contributed by atoms with Crippen molar-refractivity contribution in [2.45, 2.75) is 28.2 Å². The van der Waals surface area contributed by atoms with Gasteiger partial charge in [0.15, 0.2) is 0 Å². The molecule has 3 nitrogen and oxygen atoms in total. The van der Waals surface area contributed by atoms with Crippen molar-refractivity contribution in [1.82, 2.24) is 0 Å². The first-order chi connectivity index (χ1) is 42.7. The molecule has 5 heteroatoms. The standard InChI is InChI=1S/C81H63N3SSi/c1-9-25-61(26-10-1)65-41-50-74(51-42-65)85(75-52-43-66(44-53-75)62-27-11-2-12-28-62)82(71-35-19-6-20-36-71)79-59-70-49-58-81(69-33-17-5-18-34-69)86(76-54-45-67(46-55-76)63-29-13-3-14-30-63,77-56-47-68(48-57-77)64-31-15-4-16-32-64)84(73-39-23-8-24-40-73)78(70)60-80(79)83(85)72-37-21-7-22-38-72/h1-48,50-57,59-60,81H,49,58H2. The van der Waals surface area contributed by atoms with Crippen LogP contribution in [0.15, 0.2) is 362 Å². The van der Waals surface area contributed by atoms with E-state index in [1.54, 1.807) is 0 Å². The molecule has 0 spiro atoms. The summed E-state index contributed by atoms with van der Waals surface area (Å²) < 4.78 is 8.39. The number of para-hydroxylation sites is 3. The molecule has 0 aliphatic carbocycles. The molecule has 0 bridgehead atoms. The Balaban J connectivity index is 1.05. The van der Waals surface area contributed by atoms with Crippen LogP contribution >= 0.6 is 10.4 Å². The quantitative estimate of drug-likeness (QED) is 0.113. The first-order valence-corrected chi connectivity index (χ1v) is 33.5. The van der Waals surface area contributed by atoms with Crippen LogP contribution in [-0.2, 0) is 6.42 Å². The highest BCUT2D eigenvalue weighted by atomic mass is 32.3. The monoisotopic (exact) mass is 1140 g/mol. The van der Waals surface area contributed by atoms with E-state index >= 15 is 0 Å². The number of nitrogens with zero attached hydrogens (tertiary/aromatic N) is 3. The van der Waals surface area contributed by atoms with Gasteiger partial charge in [0.2, 0.25) is 8.24 Å². The van der Waals surface area contributed by atoms with Crippen LogP contribution in [0.1, 0.15) is 23.1 Å². The van der Waals surface area contributed by atoms with Gasteiger partial charge >= 0.3 is 0 Å². The Morgan fingerprint density at radius 2 is 0.581 bits per heavy atom. The zero-order chi connectivity index (χ0) is 57.3. The van der Waals surface area contributed by atoms with Gasteiger partial charge in [0.25, 0.3) is 0 Å². The van der Waals surface area contributed by atoms with Gasteiger partial charge in [-0.25, -0.2) is 0 Å². The summed E-state index contributed by atoms with van der Waals surface area (Å²) in [6.07, 6.45) is 1.79. The van der Waals surface area contributed by atoms with Crippen molar-refractivity contribution in [2.75, 3.05) is 13.2 Å². The highest BCUT2D eigenvalue weighted by Gasteiger charge is 2.56. The highest BCUT2D eigenvalue weighted by molar-refractivity contribution is 8.36. The van der Waals surface area contributed by atoms with Crippen molar-refractivity contribution in [2.24, 2.45) is 0 Å². The minimum absolute atomic E-state index is 0.114. The smallest absolute Gasteiger partial charge is 0.232 e. The van der Waals surface area contributed by atoms with Crippen LogP contribution in [-0.4, -0.2) is 8.24 Å². The highest BCUT2D eigenvalue weighted by Crippen LogP contribution is 2.79. The number of rotatable bonds is 12. The van der Waals surface area contributed by atoms with Crippen molar-refractivity contribution < 1.29 is 0 Å². The van der Waals surface area contributed by atoms with Crippen molar-refractivity contribution in [1.29, 1.82) is 0 Å². The zero-order valence-corrected chi connectivity index (χ0v) is 49.5. The van der Waals surface area contributed by atoms with E-state index in [9.17, 15) is 0 Å². The molecule has 1 unspecified atom stereocenters. The summed E-state index contributed by atoms with van der Waals surface area (Å²) in [6, 6.07) is 132. The summed E-state index contributed by atoms with van der Waals surface area (Å²) in [5.74, 6) is 0. The molecule has 412 valence electrons. The molecule has 0 amide bonds. The lowest BCUT2D eigenvalue weighted by atomic mass is 10.0. The number of aryl methyl sites for hydroxylation is 1. The average Bonchev–Trinajstić information content (AvgIpc) is 1.56. The fourth-order valence-corrected chi connectivity index (χ4v) is 23.4. The maximum absolute atomic E-state index is 3.37. The SMILES string of the molecule is c1ccc(-c2ccc([Si]3(c4ccc(-c5ccccc5)cc4)C(c4ccccc4)CCc4cc5c(cc4N3c3ccccc3)N(c3ccccc3)S(c3ccc(-c4ccccc4)cc3)(c3ccc(-c4ccccc4)cc3)N5c3ccccc3)cc2)cc1. The number of anilines is 6. The topological polar surface area (TPSA) is 9.72 Å². The van der Waals surface area contributed by atoms with Crippen molar-refractivity contribution >= 4 is 63.1 Å². The Morgan fingerprint density at radius 3 is 0.953 bits per heavy atom. The van der Waals surface area contributed by atoms with Gasteiger partial charge in [0, 0.05) is 26.7 Å². The van der Waals surface area contributed by atoms with Gasteiger partial charge in [-0.1, -0.05) is 279 Å². The lowest BCUT2D eigenvalue weighted by Crippen LogP contribution is -2.72. The normalized spacial score (nSPS) is 15.3. The average molecular weight is 1140 g/mol. The predicted molar refractivity (Wildman–Crippen MR) is 366 cm³/mol. The van der Waals surface area contributed by atoms with Gasteiger partial charge in [-0.05, 0) is 162 Å². The molecular formula is C81H63N3SSi. The first-order valence-electron chi connectivity index (χ1n) is 29.9. The summed E-state index contributed by atoms with van der Waals surface area (Å²) in [5, 5.41) is 2.72. The van der Waals surface area contributed by atoms with E-state index in [1.807, 2.05) is 0 Å². The van der Waals surface area contributed by atoms with Gasteiger partial charge in [0.1, 0.15) is 0 Å². The van der Waals surface area contributed by atoms with E-state index in [-0.39, 0.29) is 5.54 Å². The van der Waals surface area contributed by atoms with Crippen molar-refractivity contribution in [3.05, 3.63) is 363 Å². The molecule has 0 fully saturated rings. The largest absolute Gasteiger partial charge is 0.359 e. The molecular weight excluding hydrogens is 1080 g/mol. The molecule has 0 aromatic heterocycles. The predicted octanol–water partition coefficient (Wildman–Crippen LogP) is 20.6. The Morgan fingerprint density at radius 1 is 0.279 bits per heavy atom. The molecule has 15 rings (SSSR count). The molecule has 2 heterocycles. The molecule has 0 N–H and O–H groups in total. The van der Waals surface area contributed by atoms with Gasteiger partial charge in [-0.3, -0.25) is 8.61 Å². The van der Waals surface area contributed by atoms with Crippen LogP contribution in [0.4, 0.5) is 34.1 Å². The van der Waals surface area contributed by atoms with Gasteiger partial charge in [0.05, 0.1) is 22.7 Å². The molecule has 86 heavy (non-hydrogen) atoms. The van der Waals surface area contributed by atoms with E-state index in [0.717, 1.165) is 29.9 Å². The number of hydrogen-bond acceptors (Lipinski definition) is 3.